The Morgan fingerprint density at radius 1 is 1.08 bits per heavy atom. The minimum Gasteiger partial charge on any atom is -0.491 e. The molecular weight excluding hydrogens is 326 g/mol. The van der Waals surface area contributed by atoms with Crippen LogP contribution in [0.4, 0.5) is 0 Å². The normalized spacial score (nSPS) is 19.4. The van der Waals surface area contributed by atoms with Gasteiger partial charge in [-0.25, -0.2) is 0 Å². The Balaban J connectivity index is 1.55. The molecule has 1 aliphatic heterocycles. The molecule has 1 aromatic carbocycles. The highest BCUT2D eigenvalue weighted by molar-refractivity contribution is 5.20. The number of rotatable bonds is 13. The predicted molar refractivity (Wildman–Crippen MR) is 107 cm³/mol. The fourth-order valence-corrected chi connectivity index (χ4v) is 3.35. The molecule has 4 nitrogen and oxygen atoms in total. The van der Waals surface area contributed by atoms with E-state index in [1.807, 2.05) is 30.3 Å². The van der Waals surface area contributed by atoms with Crippen LogP contribution in [0.25, 0.3) is 0 Å². The van der Waals surface area contributed by atoms with Crippen LogP contribution in [0.3, 0.4) is 0 Å². The van der Waals surface area contributed by atoms with Crippen LogP contribution in [-0.4, -0.2) is 56.6 Å². The summed E-state index contributed by atoms with van der Waals surface area (Å²) in [4.78, 5) is 2.54. The first-order chi connectivity index (χ1) is 12.8. The molecule has 1 fully saturated rings. The summed E-state index contributed by atoms with van der Waals surface area (Å²) in [6.45, 7) is 9.58. The molecule has 0 saturated carbocycles. The standard InChI is InChI=1S/C22H37NO3/c1-3-4-5-6-7-11-14-23-15-16-26-22(19-23)20(2)24-17-18-25-21-12-9-8-10-13-21/h8-10,12-13,20,22H,3-7,11,14-19H2,1-2H3. The molecule has 0 radical (unpaired) electrons. The smallest absolute Gasteiger partial charge is 0.119 e. The lowest BCUT2D eigenvalue weighted by molar-refractivity contribution is -0.108. The first-order valence-electron chi connectivity index (χ1n) is 10.4. The van der Waals surface area contributed by atoms with Crippen LogP contribution in [0.1, 0.15) is 52.4 Å². The molecule has 26 heavy (non-hydrogen) atoms. The molecular formula is C22H37NO3. The average molecular weight is 364 g/mol. The van der Waals surface area contributed by atoms with Crippen LogP contribution in [-0.2, 0) is 9.47 Å². The van der Waals surface area contributed by atoms with Crippen molar-refractivity contribution in [2.24, 2.45) is 0 Å². The molecule has 0 aliphatic carbocycles. The lowest BCUT2D eigenvalue weighted by atomic mass is 10.1. The number of hydrogen-bond acceptors (Lipinski definition) is 4. The molecule has 0 aromatic heterocycles. The number of para-hydroxylation sites is 1. The van der Waals surface area contributed by atoms with Crippen molar-refractivity contribution >= 4 is 0 Å². The highest BCUT2D eigenvalue weighted by Gasteiger charge is 2.25. The second-order valence-corrected chi connectivity index (χ2v) is 7.22. The number of benzene rings is 1. The van der Waals surface area contributed by atoms with E-state index in [-0.39, 0.29) is 12.2 Å². The summed E-state index contributed by atoms with van der Waals surface area (Å²) in [6.07, 6.45) is 8.38. The summed E-state index contributed by atoms with van der Waals surface area (Å²) in [5, 5.41) is 0. The zero-order chi connectivity index (χ0) is 18.5. The maximum absolute atomic E-state index is 5.94. The van der Waals surface area contributed by atoms with Crippen molar-refractivity contribution in [1.29, 1.82) is 0 Å². The molecule has 0 amide bonds. The summed E-state index contributed by atoms with van der Waals surface area (Å²) >= 11 is 0. The largest absolute Gasteiger partial charge is 0.491 e. The van der Waals surface area contributed by atoms with Crippen molar-refractivity contribution in [2.45, 2.75) is 64.6 Å². The van der Waals surface area contributed by atoms with Crippen LogP contribution in [0, 0.1) is 0 Å². The van der Waals surface area contributed by atoms with Crippen LogP contribution in [0.15, 0.2) is 30.3 Å². The minimum absolute atomic E-state index is 0.0988. The molecule has 1 aromatic rings. The van der Waals surface area contributed by atoms with Crippen LogP contribution < -0.4 is 4.74 Å². The quantitative estimate of drug-likeness (QED) is 0.482. The second kappa shape index (κ2) is 13.1. The fraction of sp³-hybridized carbons (Fsp3) is 0.727. The Bertz CT molecular complexity index is 454. The van der Waals surface area contributed by atoms with Gasteiger partial charge in [-0.05, 0) is 32.0 Å². The first-order valence-corrected chi connectivity index (χ1v) is 10.4. The van der Waals surface area contributed by atoms with Gasteiger partial charge in [0.2, 0.25) is 0 Å². The van der Waals surface area contributed by atoms with E-state index in [4.69, 9.17) is 14.2 Å². The molecule has 1 saturated heterocycles. The lowest BCUT2D eigenvalue weighted by Crippen LogP contribution is -2.48. The topological polar surface area (TPSA) is 30.9 Å². The summed E-state index contributed by atoms with van der Waals surface area (Å²) in [5.41, 5.74) is 0. The predicted octanol–water partition coefficient (Wildman–Crippen LogP) is 4.53. The van der Waals surface area contributed by atoms with E-state index in [9.17, 15) is 0 Å². The van der Waals surface area contributed by atoms with Gasteiger partial charge in [0.1, 0.15) is 12.4 Å². The molecule has 2 rings (SSSR count). The van der Waals surface area contributed by atoms with Crippen molar-refractivity contribution in [1.82, 2.24) is 4.90 Å². The van der Waals surface area contributed by atoms with Gasteiger partial charge in [0.15, 0.2) is 0 Å². The Hall–Kier alpha value is -1.10. The number of unbranched alkanes of at least 4 members (excludes halogenated alkanes) is 5. The summed E-state index contributed by atoms with van der Waals surface area (Å²) < 4.78 is 17.6. The average Bonchev–Trinajstić information content (AvgIpc) is 2.69. The summed E-state index contributed by atoms with van der Waals surface area (Å²) in [5.74, 6) is 0.891. The third kappa shape index (κ3) is 8.52. The van der Waals surface area contributed by atoms with Crippen molar-refractivity contribution < 1.29 is 14.2 Å². The monoisotopic (exact) mass is 363 g/mol. The molecule has 2 unspecified atom stereocenters. The molecule has 1 aliphatic rings. The molecule has 4 heteroatoms. The molecule has 2 atom stereocenters. The van der Waals surface area contributed by atoms with Crippen molar-refractivity contribution in [3.63, 3.8) is 0 Å². The second-order valence-electron chi connectivity index (χ2n) is 7.22. The van der Waals surface area contributed by atoms with Gasteiger partial charge in [-0.2, -0.15) is 0 Å². The van der Waals surface area contributed by atoms with Crippen molar-refractivity contribution in [3.8, 4) is 5.75 Å². The summed E-state index contributed by atoms with van der Waals surface area (Å²) in [6, 6.07) is 9.88. The van der Waals surface area contributed by atoms with Gasteiger partial charge < -0.3 is 14.2 Å². The number of hydrogen-bond donors (Lipinski definition) is 0. The summed E-state index contributed by atoms with van der Waals surface area (Å²) in [7, 11) is 0. The highest BCUT2D eigenvalue weighted by atomic mass is 16.6. The Morgan fingerprint density at radius 2 is 1.85 bits per heavy atom. The van der Waals surface area contributed by atoms with Gasteiger partial charge in [-0.1, -0.05) is 57.2 Å². The third-order valence-corrected chi connectivity index (χ3v) is 5.01. The molecule has 0 spiro atoms. The van der Waals surface area contributed by atoms with Crippen LogP contribution in [0.2, 0.25) is 0 Å². The van der Waals surface area contributed by atoms with Crippen LogP contribution >= 0.6 is 0 Å². The molecule has 0 bridgehead atoms. The lowest BCUT2D eigenvalue weighted by Gasteiger charge is -2.35. The van der Waals surface area contributed by atoms with Gasteiger partial charge >= 0.3 is 0 Å². The van der Waals surface area contributed by atoms with Crippen molar-refractivity contribution in [2.75, 3.05) is 39.5 Å². The maximum Gasteiger partial charge on any atom is 0.119 e. The first kappa shape index (κ1) is 21.2. The van der Waals surface area contributed by atoms with Crippen LogP contribution in [0.5, 0.6) is 5.75 Å². The molecule has 1 heterocycles. The Labute approximate surface area is 159 Å². The van der Waals surface area contributed by atoms with E-state index in [0.29, 0.717) is 13.2 Å². The maximum atomic E-state index is 5.94. The van der Waals surface area contributed by atoms with E-state index in [2.05, 4.69) is 18.7 Å². The van der Waals surface area contributed by atoms with Crippen molar-refractivity contribution in [3.05, 3.63) is 30.3 Å². The van der Waals surface area contributed by atoms with Gasteiger partial charge in [-0.3, -0.25) is 4.90 Å². The fourth-order valence-electron chi connectivity index (χ4n) is 3.35. The van der Waals surface area contributed by atoms with Gasteiger partial charge in [0, 0.05) is 13.1 Å². The highest BCUT2D eigenvalue weighted by Crippen LogP contribution is 2.14. The zero-order valence-corrected chi connectivity index (χ0v) is 16.7. The van der Waals surface area contributed by atoms with E-state index >= 15 is 0 Å². The molecule has 148 valence electrons. The third-order valence-electron chi connectivity index (χ3n) is 5.01. The van der Waals surface area contributed by atoms with Gasteiger partial charge in [-0.15, -0.1) is 0 Å². The van der Waals surface area contributed by atoms with Gasteiger partial charge in [0.05, 0.1) is 25.4 Å². The zero-order valence-electron chi connectivity index (χ0n) is 16.7. The van der Waals surface area contributed by atoms with E-state index in [0.717, 1.165) is 25.4 Å². The minimum atomic E-state index is 0.0988. The number of nitrogens with zero attached hydrogens (tertiary/aromatic N) is 1. The van der Waals surface area contributed by atoms with E-state index in [1.54, 1.807) is 0 Å². The number of ether oxygens (including phenoxy) is 3. The Morgan fingerprint density at radius 3 is 2.65 bits per heavy atom. The van der Waals surface area contributed by atoms with E-state index in [1.165, 1.54) is 45.1 Å². The SMILES string of the molecule is CCCCCCCCN1CCOC(C(C)OCCOc2ccccc2)C1. The number of morpholine rings is 1. The molecule has 0 N–H and O–H groups in total. The van der Waals surface area contributed by atoms with E-state index < -0.39 is 0 Å². The Kier molecular flexibility index (Phi) is 10.7. The van der Waals surface area contributed by atoms with Gasteiger partial charge in [0.25, 0.3) is 0 Å².